The predicted octanol–water partition coefficient (Wildman–Crippen LogP) is 1.88. The Morgan fingerprint density at radius 1 is 1.67 bits per heavy atom. The number of hydrogen-bond donors (Lipinski definition) is 2. The summed E-state index contributed by atoms with van der Waals surface area (Å²) in [6.45, 7) is 3.01. The Labute approximate surface area is 94.7 Å². The normalized spacial score (nSPS) is 10.5. The largest absolute Gasteiger partial charge is 0.463 e. The summed E-state index contributed by atoms with van der Waals surface area (Å²) < 4.78 is 5.06. The molecule has 2 N–H and O–H groups in total. The van der Waals surface area contributed by atoms with Crippen molar-refractivity contribution in [1.29, 1.82) is 0 Å². The lowest BCUT2D eigenvalue weighted by molar-refractivity contribution is 0.560. The van der Waals surface area contributed by atoms with Gasteiger partial charge in [0, 0.05) is 6.54 Å². The standard InChI is InChI=1S/C10H15N3OS/c1-2-3-6-11-10(15)13-12-8-9-5-4-7-14-9/h4-5,7-8H,2-3,6H2,1H3,(H2,11,13,15)/b12-8-. The van der Waals surface area contributed by atoms with Crippen molar-refractivity contribution < 1.29 is 4.42 Å². The number of nitrogens with one attached hydrogen (secondary N) is 2. The maximum Gasteiger partial charge on any atom is 0.186 e. The number of nitrogens with zero attached hydrogens (tertiary/aromatic N) is 1. The molecule has 0 aliphatic heterocycles. The van der Waals surface area contributed by atoms with Crippen LogP contribution in [0.1, 0.15) is 25.5 Å². The highest BCUT2D eigenvalue weighted by atomic mass is 32.1. The summed E-state index contributed by atoms with van der Waals surface area (Å²) in [5, 5.41) is 7.49. The van der Waals surface area contributed by atoms with Crippen LogP contribution in [0.15, 0.2) is 27.9 Å². The summed E-state index contributed by atoms with van der Waals surface area (Å²) in [6.07, 6.45) is 5.42. The molecule has 0 fully saturated rings. The zero-order chi connectivity index (χ0) is 10.9. The third kappa shape index (κ3) is 5.17. The highest BCUT2D eigenvalue weighted by Gasteiger charge is 1.91. The molecule has 0 aliphatic carbocycles. The van der Waals surface area contributed by atoms with Gasteiger partial charge in [-0.2, -0.15) is 5.10 Å². The van der Waals surface area contributed by atoms with E-state index >= 15 is 0 Å². The monoisotopic (exact) mass is 225 g/mol. The lowest BCUT2D eigenvalue weighted by Crippen LogP contribution is -2.32. The van der Waals surface area contributed by atoms with Gasteiger partial charge in [0.25, 0.3) is 0 Å². The highest BCUT2D eigenvalue weighted by Crippen LogP contribution is 1.94. The summed E-state index contributed by atoms with van der Waals surface area (Å²) in [7, 11) is 0. The average molecular weight is 225 g/mol. The second kappa shape index (κ2) is 7.00. The molecule has 4 nitrogen and oxygen atoms in total. The van der Waals surface area contributed by atoms with E-state index in [1.165, 1.54) is 0 Å². The van der Waals surface area contributed by atoms with E-state index in [9.17, 15) is 0 Å². The fourth-order valence-corrected chi connectivity index (χ4v) is 1.09. The predicted molar refractivity (Wildman–Crippen MR) is 64.9 cm³/mol. The minimum Gasteiger partial charge on any atom is -0.463 e. The van der Waals surface area contributed by atoms with Crippen LogP contribution in [-0.4, -0.2) is 17.9 Å². The molecule has 0 radical (unpaired) electrons. The summed E-state index contributed by atoms with van der Waals surface area (Å²) >= 11 is 5.00. The highest BCUT2D eigenvalue weighted by molar-refractivity contribution is 7.80. The first-order valence-corrected chi connectivity index (χ1v) is 5.34. The first kappa shape index (κ1) is 11.7. The number of hydrogen-bond acceptors (Lipinski definition) is 3. The molecule has 0 unspecified atom stereocenters. The van der Waals surface area contributed by atoms with Crippen molar-refractivity contribution in [3.05, 3.63) is 24.2 Å². The van der Waals surface area contributed by atoms with Crippen molar-refractivity contribution in [2.24, 2.45) is 5.10 Å². The molecule has 1 heterocycles. The Bertz CT molecular complexity index is 308. The van der Waals surface area contributed by atoms with Gasteiger partial charge in [0.05, 0.1) is 12.5 Å². The van der Waals surface area contributed by atoms with Crippen LogP contribution < -0.4 is 10.7 Å². The molecule has 15 heavy (non-hydrogen) atoms. The van der Waals surface area contributed by atoms with Gasteiger partial charge in [0.2, 0.25) is 0 Å². The first-order chi connectivity index (χ1) is 7.33. The van der Waals surface area contributed by atoms with E-state index in [1.807, 2.05) is 6.07 Å². The van der Waals surface area contributed by atoms with Crippen molar-refractivity contribution in [3.63, 3.8) is 0 Å². The van der Waals surface area contributed by atoms with Gasteiger partial charge >= 0.3 is 0 Å². The van der Waals surface area contributed by atoms with Crippen LogP contribution in [0.25, 0.3) is 0 Å². The Morgan fingerprint density at radius 3 is 3.20 bits per heavy atom. The van der Waals surface area contributed by atoms with Crippen LogP contribution >= 0.6 is 12.2 Å². The smallest absolute Gasteiger partial charge is 0.186 e. The van der Waals surface area contributed by atoms with Crippen LogP contribution in [0.2, 0.25) is 0 Å². The van der Waals surface area contributed by atoms with Crippen molar-refractivity contribution in [2.75, 3.05) is 6.54 Å². The van der Waals surface area contributed by atoms with E-state index in [4.69, 9.17) is 16.6 Å². The number of thiocarbonyl (C=S) groups is 1. The molecule has 0 spiro atoms. The maximum absolute atomic E-state index is 5.06. The quantitative estimate of drug-likeness (QED) is 0.348. The molecule has 1 aromatic heterocycles. The molecule has 0 bridgehead atoms. The molecular weight excluding hydrogens is 210 g/mol. The topological polar surface area (TPSA) is 49.6 Å². The van der Waals surface area contributed by atoms with Crippen LogP contribution in [0.3, 0.4) is 0 Å². The Morgan fingerprint density at radius 2 is 2.53 bits per heavy atom. The van der Waals surface area contributed by atoms with Crippen LogP contribution in [-0.2, 0) is 0 Å². The molecule has 0 saturated heterocycles. The summed E-state index contributed by atoms with van der Waals surface area (Å²) in [4.78, 5) is 0. The molecule has 1 aromatic rings. The van der Waals surface area contributed by atoms with Crippen LogP contribution in [0, 0.1) is 0 Å². The molecule has 0 aromatic carbocycles. The van der Waals surface area contributed by atoms with E-state index in [-0.39, 0.29) is 0 Å². The Hall–Kier alpha value is -1.36. The van der Waals surface area contributed by atoms with Gasteiger partial charge in [-0.05, 0) is 30.8 Å². The van der Waals surface area contributed by atoms with Gasteiger partial charge in [-0.1, -0.05) is 13.3 Å². The fraction of sp³-hybridized carbons (Fsp3) is 0.400. The van der Waals surface area contributed by atoms with E-state index in [0.29, 0.717) is 10.9 Å². The second-order valence-corrected chi connectivity index (χ2v) is 3.40. The van der Waals surface area contributed by atoms with Gasteiger partial charge in [-0.15, -0.1) is 0 Å². The molecule has 0 aliphatic rings. The van der Waals surface area contributed by atoms with Gasteiger partial charge in [-0.25, -0.2) is 0 Å². The Balaban J connectivity index is 2.16. The van der Waals surface area contributed by atoms with Crippen molar-refractivity contribution >= 4 is 23.5 Å². The molecule has 0 saturated carbocycles. The van der Waals surface area contributed by atoms with E-state index < -0.39 is 0 Å². The van der Waals surface area contributed by atoms with Crippen LogP contribution in [0.4, 0.5) is 0 Å². The lowest BCUT2D eigenvalue weighted by atomic mass is 10.3. The second-order valence-electron chi connectivity index (χ2n) is 2.99. The number of rotatable bonds is 5. The van der Waals surface area contributed by atoms with Gasteiger partial charge < -0.3 is 9.73 Å². The van der Waals surface area contributed by atoms with Gasteiger partial charge in [0.1, 0.15) is 5.76 Å². The van der Waals surface area contributed by atoms with Crippen molar-refractivity contribution in [2.45, 2.75) is 19.8 Å². The third-order valence-corrected chi connectivity index (χ3v) is 1.95. The lowest BCUT2D eigenvalue weighted by Gasteiger charge is -2.04. The SMILES string of the molecule is CCCCNC(=S)N/N=C\c1ccco1. The number of unbranched alkanes of at least 4 members (excludes halogenated alkanes) is 1. The average Bonchev–Trinajstić information content (AvgIpc) is 2.71. The maximum atomic E-state index is 5.06. The number of furan rings is 1. The molecule has 0 atom stereocenters. The Kier molecular flexibility index (Phi) is 5.47. The zero-order valence-corrected chi connectivity index (χ0v) is 9.51. The summed E-state index contributed by atoms with van der Waals surface area (Å²) in [6, 6.07) is 3.62. The van der Waals surface area contributed by atoms with Crippen LogP contribution in [0.5, 0.6) is 0 Å². The zero-order valence-electron chi connectivity index (χ0n) is 8.69. The molecular formula is C10H15N3OS. The van der Waals surface area contributed by atoms with E-state index in [2.05, 4.69) is 22.8 Å². The van der Waals surface area contributed by atoms with Crippen molar-refractivity contribution in [1.82, 2.24) is 10.7 Å². The van der Waals surface area contributed by atoms with Gasteiger partial charge in [0.15, 0.2) is 5.11 Å². The molecule has 1 rings (SSSR count). The van der Waals surface area contributed by atoms with E-state index in [1.54, 1.807) is 18.5 Å². The number of hydrazone groups is 1. The minimum absolute atomic E-state index is 0.534. The minimum atomic E-state index is 0.534. The van der Waals surface area contributed by atoms with Crippen molar-refractivity contribution in [3.8, 4) is 0 Å². The third-order valence-electron chi connectivity index (χ3n) is 1.72. The first-order valence-electron chi connectivity index (χ1n) is 4.93. The summed E-state index contributed by atoms with van der Waals surface area (Å²) in [5.74, 6) is 0.693. The van der Waals surface area contributed by atoms with E-state index in [0.717, 1.165) is 19.4 Å². The summed E-state index contributed by atoms with van der Waals surface area (Å²) in [5.41, 5.74) is 2.71. The molecule has 82 valence electrons. The molecule has 0 amide bonds. The fourth-order valence-electron chi connectivity index (χ4n) is 0.937. The molecule has 5 heteroatoms. The van der Waals surface area contributed by atoms with Gasteiger partial charge in [-0.3, -0.25) is 5.43 Å².